The van der Waals surface area contributed by atoms with E-state index in [2.05, 4.69) is 34.6 Å². The molecule has 0 unspecified atom stereocenters. The van der Waals surface area contributed by atoms with Gasteiger partial charge in [0, 0.05) is 5.75 Å². The van der Waals surface area contributed by atoms with Crippen molar-refractivity contribution in [3.63, 3.8) is 0 Å². The zero-order valence-electron chi connectivity index (χ0n) is 15.4. The molecule has 0 aliphatic heterocycles. The summed E-state index contributed by atoms with van der Waals surface area (Å²) in [7, 11) is 0. The lowest BCUT2D eigenvalue weighted by atomic mass is 10.0. The van der Waals surface area contributed by atoms with Gasteiger partial charge >= 0.3 is 0 Å². The lowest BCUT2D eigenvalue weighted by Crippen LogP contribution is -2.09. The summed E-state index contributed by atoms with van der Waals surface area (Å²) in [6, 6.07) is 0. The molecule has 5 heteroatoms. The van der Waals surface area contributed by atoms with E-state index >= 15 is 0 Å². The molecule has 0 radical (unpaired) electrons. The molecule has 0 aliphatic carbocycles. The summed E-state index contributed by atoms with van der Waals surface area (Å²) in [6.45, 7) is 12.7. The topological polar surface area (TPSA) is 18.5 Å². The molecule has 0 rings (SSSR count). The molecule has 0 saturated heterocycles. The molecule has 0 atom stereocenters. The van der Waals surface area contributed by atoms with Gasteiger partial charge in [-0.05, 0) is 30.1 Å². The highest BCUT2D eigenvalue weighted by Crippen LogP contribution is 2.62. The molecule has 0 N–H and O–H groups in total. The fourth-order valence-electron chi connectivity index (χ4n) is 1.79. The Hall–Kier alpha value is 0.920. The van der Waals surface area contributed by atoms with Gasteiger partial charge in [-0.3, -0.25) is 0 Å². The summed E-state index contributed by atoms with van der Waals surface area (Å²) in [6.07, 6.45) is 9.71. The van der Waals surface area contributed by atoms with Crippen LogP contribution in [0.4, 0.5) is 0 Å². The minimum Gasteiger partial charge on any atom is -0.322 e. The first-order valence-electron chi connectivity index (χ1n) is 8.86. The number of hydrogen-bond donors (Lipinski definition) is 0. The minimum absolute atomic E-state index is 0.256. The first-order valence-corrected chi connectivity index (χ1v) is 13.1. The Morgan fingerprint density at radius 2 is 1.27 bits per heavy atom. The van der Waals surface area contributed by atoms with Crippen molar-refractivity contribution in [2.75, 3.05) is 19.0 Å². The molecular weight excluding hydrogens is 331 g/mol. The molecule has 0 fully saturated rings. The quantitative estimate of drug-likeness (QED) is 0.238. The third-order valence-electron chi connectivity index (χ3n) is 3.15. The molecule has 0 aromatic rings. The largest absolute Gasteiger partial charge is 0.322 e. The van der Waals surface area contributed by atoms with Crippen LogP contribution in [0.25, 0.3) is 0 Å². The molecule has 2 nitrogen and oxygen atoms in total. The van der Waals surface area contributed by atoms with E-state index in [4.69, 9.17) is 20.9 Å². The van der Waals surface area contributed by atoms with Crippen LogP contribution in [0.3, 0.4) is 0 Å². The van der Waals surface area contributed by atoms with Crippen LogP contribution in [0.15, 0.2) is 0 Å². The average Bonchev–Trinajstić information content (AvgIpc) is 2.44. The molecule has 0 heterocycles. The highest BCUT2D eigenvalue weighted by atomic mass is 32.9. The van der Waals surface area contributed by atoms with Gasteiger partial charge in [0.15, 0.2) is 0 Å². The molecule has 0 bridgehead atoms. The summed E-state index contributed by atoms with van der Waals surface area (Å²) >= 11 is 7.50. The molecule has 22 heavy (non-hydrogen) atoms. The monoisotopic (exact) mass is 368 g/mol. The Morgan fingerprint density at radius 1 is 0.818 bits per heavy atom. The van der Waals surface area contributed by atoms with E-state index in [-0.39, 0.29) is 5.41 Å². The van der Waals surface area contributed by atoms with Crippen molar-refractivity contribution >= 4 is 28.9 Å². The lowest BCUT2D eigenvalue weighted by molar-refractivity contribution is 0.249. The van der Waals surface area contributed by atoms with Gasteiger partial charge in [-0.25, -0.2) is 0 Å². The maximum atomic E-state index is 6.04. The molecule has 0 aliphatic rings. The van der Waals surface area contributed by atoms with Gasteiger partial charge < -0.3 is 9.05 Å². The molecule has 0 aromatic carbocycles. The van der Waals surface area contributed by atoms with Crippen LogP contribution in [0.1, 0.15) is 86.0 Å². The number of hydrogen-bond acceptors (Lipinski definition) is 4. The number of unbranched alkanes of at least 4 members (excludes halogenated alkanes) is 6. The van der Waals surface area contributed by atoms with Crippen LogP contribution in [0.5, 0.6) is 0 Å². The van der Waals surface area contributed by atoms with Gasteiger partial charge in [0.1, 0.15) is 0 Å². The average molecular weight is 369 g/mol. The summed E-state index contributed by atoms with van der Waals surface area (Å²) in [5, 5.41) is 0. The van der Waals surface area contributed by atoms with Crippen molar-refractivity contribution in [2.24, 2.45) is 5.41 Å². The van der Waals surface area contributed by atoms with Gasteiger partial charge in [-0.15, -0.1) is 0 Å². The fourth-order valence-corrected chi connectivity index (χ4v) is 6.72. The SMILES string of the molecule is CCCCCCOP(=S)(OCCCCCC)SCC(C)(C)C. The maximum Gasteiger partial charge on any atom is 0.247 e. The Kier molecular flexibility index (Phi) is 13.8. The van der Waals surface area contributed by atoms with Crippen molar-refractivity contribution < 1.29 is 9.05 Å². The highest BCUT2D eigenvalue weighted by Gasteiger charge is 2.23. The minimum atomic E-state index is -2.16. The highest BCUT2D eigenvalue weighted by molar-refractivity contribution is 8.67. The molecule has 0 spiro atoms. The Morgan fingerprint density at radius 3 is 1.64 bits per heavy atom. The van der Waals surface area contributed by atoms with Gasteiger partial charge in [-0.2, -0.15) is 0 Å². The molecule has 0 aromatic heterocycles. The Balaban J connectivity index is 4.20. The van der Waals surface area contributed by atoms with E-state index < -0.39 is 5.69 Å². The van der Waals surface area contributed by atoms with Crippen LogP contribution in [-0.4, -0.2) is 19.0 Å². The molecule has 134 valence electrons. The standard InChI is InChI=1S/C17H37O2PS2/c1-6-8-10-12-14-18-20(21,22-16-17(3,4)5)19-15-13-11-9-7-2/h6-16H2,1-5H3. The molecular formula is C17H37O2PS2. The van der Waals surface area contributed by atoms with Crippen molar-refractivity contribution in [1.82, 2.24) is 0 Å². The van der Waals surface area contributed by atoms with E-state index in [1.165, 1.54) is 38.5 Å². The van der Waals surface area contributed by atoms with Crippen LogP contribution in [-0.2, 0) is 20.9 Å². The van der Waals surface area contributed by atoms with Gasteiger partial charge in [0.2, 0.25) is 5.69 Å². The van der Waals surface area contributed by atoms with Crippen molar-refractivity contribution in [3.8, 4) is 0 Å². The van der Waals surface area contributed by atoms with E-state index in [0.29, 0.717) is 0 Å². The summed E-state index contributed by atoms with van der Waals surface area (Å²) in [5.41, 5.74) is -1.91. The summed E-state index contributed by atoms with van der Waals surface area (Å²) < 4.78 is 12.1. The van der Waals surface area contributed by atoms with Crippen LogP contribution >= 0.6 is 17.1 Å². The van der Waals surface area contributed by atoms with E-state index in [9.17, 15) is 0 Å². The smallest absolute Gasteiger partial charge is 0.247 e. The zero-order chi connectivity index (χ0) is 16.9. The predicted molar refractivity (Wildman–Crippen MR) is 106 cm³/mol. The van der Waals surface area contributed by atoms with Gasteiger partial charge in [-0.1, -0.05) is 84.5 Å². The van der Waals surface area contributed by atoms with E-state index in [1.54, 1.807) is 11.4 Å². The zero-order valence-corrected chi connectivity index (χ0v) is 17.9. The summed E-state index contributed by atoms with van der Waals surface area (Å²) in [5.74, 6) is 0.994. The van der Waals surface area contributed by atoms with Crippen molar-refractivity contribution in [2.45, 2.75) is 86.0 Å². The van der Waals surface area contributed by atoms with Gasteiger partial charge in [0.25, 0.3) is 0 Å². The van der Waals surface area contributed by atoms with E-state index in [0.717, 1.165) is 31.8 Å². The van der Waals surface area contributed by atoms with E-state index in [1.807, 2.05) is 0 Å². The summed E-state index contributed by atoms with van der Waals surface area (Å²) in [4.78, 5) is 0. The first-order chi connectivity index (χ1) is 10.3. The lowest BCUT2D eigenvalue weighted by Gasteiger charge is -2.25. The predicted octanol–water partition coefficient (Wildman–Crippen LogP) is 7.18. The van der Waals surface area contributed by atoms with Gasteiger partial charge in [0.05, 0.1) is 13.2 Å². The first kappa shape index (κ1) is 22.9. The third kappa shape index (κ3) is 14.5. The van der Waals surface area contributed by atoms with Crippen LogP contribution in [0.2, 0.25) is 0 Å². The van der Waals surface area contributed by atoms with Crippen molar-refractivity contribution in [3.05, 3.63) is 0 Å². The Bertz CT molecular complexity index is 286. The second-order valence-electron chi connectivity index (χ2n) is 7.07. The third-order valence-corrected chi connectivity index (χ3v) is 9.01. The fraction of sp³-hybridized carbons (Fsp3) is 1.00. The van der Waals surface area contributed by atoms with Crippen molar-refractivity contribution in [1.29, 1.82) is 0 Å². The van der Waals surface area contributed by atoms with Crippen LogP contribution in [0, 0.1) is 5.41 Å². The maximum absolute atomic E-state index is 6.04. The van der Waals surface area contributed by atoms with Crippen LogP contribution < -0.4 is 0 Å². The Labute approximate surface area is 148 Å². The number of rotatable bonds is 14. The molecule has 0 amide bonds. The molecule has 0 saturated carbocycles. The second-order valence-corrected chi connectivity index (χ2v) is 13.4. The normalized spacial score (nSPS) is 12.8. The second kappa shape index (κ2) is 13.2.